The highest BCUT2D eigenvalue weighted by Gasteiger charge is 2.31. The molecule has 5 nitrogen and oxygen atoms in total. The number of nitrogens with one attached hydrogen (secondary N) is 2. The van der Waals surface area contributed by atoms with Crippen molar-refractivity contribution in [3.63, 3.8) is 0 Å². The van der Waals surface area contributed by atoms with Crippen LogP contribution in [0.5, 0.6) is 0 Å². The number of hydrogen-bond donors (Lipinski definition) is 2. The molecule has 154 valence electrons. The van der Waals surface area contributed by atoms with Crippen LogP contribution in [0.4, 0.5) is 0 Å². The number of guanidine groups is 1. The first-order valence-electron chi connectivity index (χ1n) is 9.90. The summed E-state index contributed by atoms with van der Waals surface area (Å²) >= 11 is 0. The van der Waals surface area contributed by atoms with Crippen LogP contribution in [0.25, 0.3) is 0 Å². The molecule has 0 aliphatic carbocycles. The Morgan fingerprint density at radius 3 is 2.56 bits per heavy atom. The van der Waals surface area contributed by atoms with Crippen LogP contribution in [0.1, 0.15) is 38.8 Å². The molecule has 1 aromatic carbocycles. The first kappa shape index (κ1) is 24.2. The Kier molecular flexibility index (Phi) is 10.6. The van der Waals surface area contributed by atoms with Gasteiger partial charge in [-0.2, -0.15) is 0 Å². The predicted octanol–water partition coefficient (Wildman–Crippen LogP) is 3.15. The number of nitrogens with zero attached hydrogens (tertiary/aromatic N) is 3. The quantitative estimate of drug-likeness (QED) is 0.353. The zero-order chi connectivity index (χ0) is 19.1. The molecule has 2 N–H and O–H groups in total. The lowest BCUT2D eigenvalue weighted by Crippen LogP contribution is -2.46. The van der Waals surface area contributed by atoms with Crippen molar-refractivity contribution in [2.75, 3.05) is 33.7 Å². The Bertz CT molecular complexity index is 588. The minimum Gasteiger partial charge on any atom is -0.357 e. The van der Waals surface area contributed by atoms with Crippen molar-refractivity contribution >= 4 is 29.9 Å². The molecule has 6 heteroatoms. The van der Waals surface area contributed by atoms with Crippen LogP contribution in [0.15, 0.2) is 29.3 Å². The maximum Gasteiger partial charge on any atom is 0.191 e. The summed E-state index contributed by atoms with van der Waals surface area (Å²) in [4.78, 5) is 9.56. The largest absolute Gasteiger partial charge is 0.357 e. The van der Waals surface area contributed by atoms with Crippen LogP contribution in [0.3, 0.4) is 0 Å². The fourth-order valence-corrected chi connectivity index (χ4v) is 3.47. The minimum atomic E-state index is 0. The van der Waals surface area contributed by atoms with Gasteiger partial charge in [0.2, 0.25) is 0 Å². The number of benzene rings is 1. The highest BCUT2D eigenvalue weighted by atomic mass is 127. The number of halogens is 1. The summed E-state index contributed by atoms with van der Waals surface area (Å²) in [5.41, 5.74) is 2.59. The molecule has 27 heavy (non-hydrogen) atoms. The summed E-state index contributed by atoms with van der Waals surface area (Å²) in [6.45, 7) is 13.8. The van der Waals surface area contributed by atoms with Crippen molar-refractivity contribution in [2.45, 2.75) is 52.9 Å². The fraction of sp³-hybridized carbons (Fsp3) is 0.667. The third-order valence-electron chi connectivity index (χ3n) is 4.95. The summed E-state index contributed by atoms with van der Waals surface area (Å²) < 4.78 is 0. The average Bonchev–Trinajstić information content (AvgIpc) is 2.94. The maximum absolute atomic E-state index is 4.83. The van der Waals surface area contributed by atoms with Crippen molar-refractivity contribution < 1.29 is 0 Å². The molecule has 1 aromatic rings. The topological polar surface area (TPSA) is 42.9 Å². The van der Waals surface area contributed by atoms with E-state index in [1.807, 2.05) is 0 Å². The normalized spacial score (nSPS) is 20.8. The molecule has 2 rings (SSSR count). The van der Waals surface area contributed by atoms with E-state index < -0.39 is 0 Å². The molecule has 1 fully saturated rings. The molecule has 0 bridgehead atoms. The summed E-state index contributed by atoms with van der Waals surface area (Å²) in [5.74, 6) is 1.55. The van der Waals surface area contributed by atoms with E-state index in [1.54, 1.807) is 0 Å². The van der Waals surface area contributed by atoms with E-state index in [0.29, 0.717) is 24.5 Å². The summed E-state index contributed by atoms with van der Waals surface area (Å²) in [6.07, 6.45) is 0. The monoisotopic (exact) mass is 487 g/mol. The van der Waals surface area contributed by atoms with Gasteiger partial charge in [0, 0.05) is 38.3 Å². The lowest BCUT2D eigenvalue weighted by Gasteiger charge is -2.22. The van der Waals surface area contributed by atoms with Crippen molar-refractivity contribution in [1.82, 2.24) is 20.4 Å². The van der Waals surface area contributed by atoms with Crippen LogP contribution >= 0.6 is 24.0 Å². The highest BCUT2D eigenvalue weighted by molar-refractivity contribution is 14.0. The van der Waals surface area contributed by atoms with E-state index in [2.05, 4.69) is 86.5 Å². The molecule has 2 atom stereocenters. The van der Waals surface area contributed by atoms with Gasteiger partial charge in [0.25, 0.3) is 0 Å². The fourth-order valence-electron chi connectivity index (χ4n) is 3.47. The van der Waals surface area contributed by atoms with Gasteiger partial charge in [0.05, 0.1) is 6.54 Å². The zero-order valence-corrected chi connectivity index (χ0v) is 20.2. The van der Waals surface area contributed by atoms with Gasteiger partial charge in [0.15, 0.2) is 5.96 Å². The molecule has 1 aliphatic heterocycles. The van der Waals surface area contributed by atoms with Gasteiger partial charge in [-0.25, -0.2) is 4.99 Å². The predicted molar refractivity (Wildman–Crippen MR) is 127 cm³/mol. The van der Waals surface area contributed by atoms with Crippen molar-refractivity contribution in [3.8, 4) is 0 Å². The highest BCUT2D eigenvalue weighted by Crippen LogP contribution is 2.18. The Balaban J connectivity index is 0.00000364. The Labute approximate surface area is 183 Å². The number of likely N-dealkylation sites (tertiary alicyclic amines) is 1. The Morgan fingerprint density at radius 1 is 1.26 bits per heavy atom. The third-order valence-corrected chi connectivity index (χ3v) is 4.95. The standard InChI is InChI=1S/C21H37N5.HI/c1-7-22-21(24-20-15-26(16(2)3)13-17(20)4)23-12-18-9-8-10-19(11-18)14-25(5)6;/h8-11,16-17,20H,7,12-15H2,1-6H3,(H2,22,23,24);1H. The van der Waals surface area contributed by atoms with Gasteiger partial charge < -0.3 is 15.5 Å². The van der Waals surface area contributed by atoms with Crippen molar-refractivity contribution in [2.24, 2.45) is 10.9 Å². The van der Waals surface area contributed by atoms with Crippen molar-refractivity contribution in [3.05, 3.63) is 35.4 Å². The van der Waals surface area contributed by atoms with Gasteiger partial charge in [-0.05, 0) is 51.9 Å². The van der Waals surface area contributed by atoms with Crippen LogP contribution < -0.4 is 10.6 Å². The number of rotatable bonds is 7. The van der Waals surface area contributed by atoms with E-state index in [1.165, 1.54) is 11.1 Å². The third kappa shape index (κ3) is 7.95. The van der Waals surface area contributed by atoms with Gasteiger partial charge >= 0.3 is 0 Å². The molecule has 0 amide bonds. The molecular formula is C21H38IN5. The molecule has 1 heterocycles. The molecule has 0 radical (unpaired) electrons. The summed E-state index contributed by atoms with van der Waals surface area (Å²) in [6, 6.07) is 9.77. The molecule has 1 aliphatic rings. The molecular weight excluding hydrogens is 449 g/mol. The van der Waals surface area contributed by atoms with Gasteiger partial charge in [-0.15, -0.1) is 24.0 Å². The summed E-state index contributed by atoms with van der Waals surface area (Å²) in [5, 5.41) is 7.06. The first-order valence-corrected chi connectivity index (χ1v) is 9.90. The molecule has 0 saturated carbocycles. The second kappa shape index (κ2) is 11.9. The lowest BCUT2D eigenvalue weighted by molar-refractivity contribution is 0.265. The molecule has 0 aromatic heterocycles. The van der Waals surface area contributed by atoms with E-state index in [9.17, 15) is 0 Å². The Morgan fingerprint density at radius 2 is 1.96 bits per heavy atom. The van der Waals surface area contributed by atoms with Gasteiger partial charge in [-0.3, -0.25) is 4.90 Å². The van der Waals surface area contributed by atoms with E-state index in [-0.39, 0.29) is 24.0 Å². The average molecular weight is 487 g/mol. The summed E-state index contributed by atoms with van der Waals surface area (Å²) in [7, 11) is 4.20. The van der Waals surface area contributed by atoms with E-state index in [0.717, 1.165) is 32.1 Å². The zero-order valence-electron chi connectivity index (χ0n) is 17.8. The number of aliphatic imine (C=N–C) groups is 1. The van der Waals surface area contributed by atoms with Gasteiger partial charge in [0.1, 0.15) is 0 Å². The van der Waals surface area contributed by atoms with Crippen molar-refractivity contribution in [1.29, 1.82) is 0 Å². The second-order valence-electron chi connectivity index (χ2n) is 8.03. The minimum absolute atomic E-state index is 0. The van der Waals surface area contributed by atoms with Crippen LogP contribution in [0.2, 0.25) is 0 Å². The molecule has 1 saturated heterocycles. The van der Waals surface area contributed by atoms with Gasteiger partial charge in [-0.1, -0.05) is 31.2 Å². The lowest BCUT2D eigenvalue weighted by atomic mass is 10.1. The maximum atomic E-state index is 4.83. The first-order chi connectivity index (χ1) is 12.4. The van der Waals surface area contributed by atoms with Crippen LogP contribution in [-0.2, 0) is 13.1 Å². The smallest absolute Gasteiger partial charge is 0.191 e. The van der Waals surface area contributed by atoms with E-state index >= 15 is 0 Å². The van der Waals surface area contributed by atoms with Crippen LogP contribution in [0, 0.1) is 5.92 Å². The number of hydrogen-bond acceptors (Lipinski definition) is 3. The Hall–Kier alpha value is -0.860. The van der Waals surface area contributed by atoms with Crippen LogP contribution in [-0.4, -0.2) is 61.6 Å². The van der Waals surface area contributed by atoms with E-state index in [4.69, 9.17) is 4.99 Å². The SMILES string of the molecule is CCNC(=NCc1cccc(CN(C)C)c1)NC1CN(C(C)C)CC1C.I. The molecule has 0 spiro atoms. The second-order valence-corrected chi connectivity index (χ2v) is 8.03. The molecule has 2 unspecified atom stereocenters.